The minimum atomic E-state index is 0.619. The van der Waals surface area contributed by atoms with Gasteiger partial charge in [0.1, 0.15) is 5.82 Å². The second kappa shape index (κ2) is 9.61. The molecule has 180 valence electrons. The highest BCUT2D eigenvalue weighted by Gasteiger charge is 2.22. The van der Waals surface area contributed by atoms with Crippen LogP contribution in [0.2, 0.25) is 0 Å². The zero-order chi connectivity index (χ0) is 24.4. The standard InChI is InChI=1S/C26H29N7O2/c1-5-6-14-32(17-23-27-13-15-31(23)2)26-28-20-10-8-7-9-19(20)25-30-29-24(33(25)26)18-11-12-21(34-3)22(16-18)35-4/h7-13,15-16H,5-6,14,17H2,1-4H3. The summed E-state index contributed by atoms with van der Waals surface area (Å²) in [4.78, 5) is 11.9. The van der Waals surface area contributed by atoms with Gasteiger partial charge in [-0.25, -0.2) is 14.4 Å². The number of benzene rings is 2. The Hall–Kier alpha value is -4.14. The fourth-order valence-corrected chi connectivity index (χ4v) is 4.26. The van der Waals surface area contributed by atoms with Crippen LogP contribution in [0, 0.1) is 0 Å². The van der Waals surface area contributed by atoms with Crippen molar-refractivity contribution in [1.82, 2.24) is 29.1 Å². The molecule has 3 aromatic heterocycles. The number of ether oxygens (including phenoxy) is 2. The quantitative estimate of drug-likeness (QED) is 0.313. The second-order valence-electron chi connectivity index (χ2n) is 8.41. The van der Waals surface area contributed by atoms with Crippen molar-refractivity contribution in [1.29, 1.82) is 0 Å². The Morgan fingerprint density at radius 1 is 1.00 bits per heavy atom. The molecule has 0 aliphatic heterocycles. The van der Waals surface area contributed by atoms with Crippen LogP contribution in [0.1, 0.15) is 25.6 Å². The molecular weight excluding hydrogens is 442 g/mol. The minimum absolute atomic E-state index is 0.619. The number of unbranched alkanes of at least 4 members (excludes halogenated alkanes) is 1. The van der Waals surface area contributed by atoms with Crippen LogP contribution in [-0.2, 0) is 13.6 Å². The van der Waals surface area contributed by atoms with Crippen molar-refractivity contribution in [2.45, 2.75) is 26.3 Å². The predicted molar refractivity (Wildman–Crippen MR) is 136 cm³/mol. The molecule has 2 aromatic carbocycles. The van der Waals surface area contributed by atoms with Crippen molar-refractivity contribution in [3.05, 3.63) is 60.7 Å². The molecule has 3 heterocycles. The smallest absolute Gasteiger partial charge is 0.214 e. The zero-order valence-electron chi connectivity index (χ0n) is 20.5. The summed E-state index contributed by atoms with van der Waals surface area (Å²) < 4.78 is 15.1. The third kappa shape index (κ3) is 4.14. The van der Waals surface area contributed by atoms with E-state index in [1.807, 2.05) is 70.9 Å². The molecule has 35 heavy (non-hydrogen) atoms. The highest BCUT2D eigenvalue weighted by molar-refractivity contribution is 5.93. The van der Waals surface area contributed by atoms with Crippen LogP contribution in [0.25, 0.3) is 27.9 Å². The average Bonchev–Trinajstić information content (AvgIpc) is 3.52. The predicted octanol–water partition coefficient (Wildman–Crippen LogP) is 4.50. The van der Waals surface area contributed by atoms with Crippen LogP contribution in [0.4, 0.5) is 5.95 Å². The van der Waals surface area contributed by atoms with E-state index in [1.54, 1.807) is 14.2 Å². The Balaban J connectivity index is 1.75. The Labute approximate surface area is 204 Å². The third-order valence-corrected chi connectivity index (χ3v) is 6.19. The van der Waals surface area contributed by atoms with E-state index >= 15 is 0 Å². The lowest BCUT2D eigenvalue weighted by molar-refractivity contribution is 0.355. The normalized spacial score (nSPS) is 11.3. The van der Waals surface area contributed by atoms with Crippen molar-refractivity contribution in [2.75, 3.05) is 25.7 Å². The summed E-state index contributed by atoms with van der Waals surface area (Å²) in [5, 5.41) is 10.2. The SMILES string of the molecule is CCCCN(Cc1nccn1C)c1nc2ccccc2c2nnc(-c3ccc(OC)c(OC)c3)n12. The lowest BCUT2D eigenvalue weighted by atomic mass is 10.2. The molecule has 0 saturated carbocycles. The number of nitrogens with zero attached hydrogens (tertiary/aromatic N) is 7. The van der Waals surface area contributed by atoms with Gasteiger partial charge in [-0.3, -0.25) is 0 Å². The molecule has 0 bridgehead atoms. The molecule has 5 rings (SSSR count). The van der Waals surface area contributed by atoms with Gasteiger partial charge in [-0.2, -0.15) is 0 Å². The largest absolute Gasteiger partial charge is 0.493 e. The van der Waals surface area contributed by atoms with Gasteiger partial charge in [-0.15, -0.1) is 10.2 Å². The Morgan fingerprint density at radius 3 is 2.57 bits per heavy atom. The fourth-order valence-electron chi connectivity index (χ4n) is 4.26. The van der Waals surface area contributed by atoms with Gasteiger partial charge in [0.2, 0.25) is 5.95 Å². The number of aryl methyl sites for hydroxylation is 1. The second-order valence-corrected chi connectivity index (χ2v) is 8.41. The minimum Gasteiger partial charge on any atom is -0.493 e. The number of hydrogen-bond acceptors (Lipinski definition) is 7. The number of imidazole rings is 1. The van der Waals surface area contributed by atoms with Crippen molar-refractivity contribution in [3.63, 3.8) is 0 Å². The van der Waals surface area contributed by atoms with Crippen LogP contribution < -0.4 is 14.4 Å². The molecule has 0 amide bonds. The van der Waals surface area contributed by atoms with Crippen LogP contribution in [0.3, 0.4) is 0 Å². The van der Waals surface area contributed by atoms with Crippen molar-refractivity contribution in [2.24, 2.45) is 7.05 Å². The fraction of sp³-hybridized carbons (Fsp3) is 0.308. The molecular formula is C26H29N7O2. The molecule has 0 spiro atoms. The highest BCUT2D eigenvalue weighted by atomic mass is 16.5. The number of anilines is 1. The van der Waals surface area contributed by atoms with Crippen molar-refractivity contribution >= 4 is 22.5 Å². The Morgan fingerprint density at radius 2 is 1.83 bits per heavy atom. The topological polar surface area (TPSA) is 82.6 Å². The molecule has 0 radical (unpaired) electrons. The highest BCUT2D eigenvalue weighted by Crippen LogP contribution is 2.34. The van der Waals surface area contributed by atoms with Crippen LogP contribution >= 0.6 is 0 Å². The summed E-state index contributed by atoms with van der Waals surface area (Å²) in [6.07, 6.45) is 5.88. The molecule has 0 N–H and O–H groups in total. The molecule has 9 nitrogen and oxygen atoms in total. The third-order valence-electron chi connectivity index (χ3n) is 6.19. The molecule has 0 fully saturated rings. The Bertz CT molecular complexity index is 1470. The van der Waals surface area contributed by atoms with E-state index in [9.17, 15) is 0 Å². The zero-order valence-corrected chi connectivity index (χ0v) is 20.5. The van der Waals surface area contributed by atoms with Gasteiger partial charge >= 0.3 is 0 Å². The molecule has 0 saturated heterocycles. The van der Waals surface area contributed by atoms with Gasteiger partial charge in [0, 0.05) is 36.9 Å². The van der Waals surface area contributed by atoms with Crippen LogP contribution in [0.5, 0.6) is 11.5 Å². The van der Waals surface area contributed by atoms with E-state index in [1.165, 1.54) is 0 Å². The summed E-state index contributed by atoms with van der Waals surface area (Å²) in [6.45, 7) is 3.64. The number of para-hydroxylation sites is 1. The van der Waals surface area contributed by atoms with Gasteiger partial charge in [-0.05, 0) is 36.8 Å². The van der Waals surface area contributed by atoms with E-state index in [-0.39, 0.29) is 0 Å². The summed E-state index contributed by atoms with van der Waals surface area (Å²) in [5.41, 5.74) is 2.50. The van der Waals surface area contributed by atoms with Crippen LogP contribution in [-0.4, -0.2) is 49.9 Å². The first-order valence-electron chi connectivity index (χ1n) is 11.7. The maximum atomic E-state index is 5.55. The molecule has 5 aromatic rings. The molecule has 9 heteroatoms. The maximum absolute atomic E-state index is 5.55. The van der Waals surface area contributed by atoms with Crippen molar-refractivity contribution < 1.29 is 9.47 Å². The number of fused-ring (bicyclic) bond motifs is 3. The average molecular weight is 472 g/mol. The molecule has 0 unspecified atom stereocenters. The van der Waals surface area contributed by atoms with Crippen LogP contribution in [0.15, 0.2) is 54.9 Å². The summed E-state index contributed by atoms with van der Waals surface area (Å²) >= 11 is 0. The number of methoxy groups -OCH3 is 2. The monoisotopic (exact) mass is 471 g/mol. The molecule has 0 aliphatic carbocycles. The number of hydrogen-bond donors (Lipinski definition) is 0. The van der Waals surface area contributed by atoms with E-state index in [4.69, 9.17) is 14.5 Å². The maximum Gasteiger partial charge on any atom is 0.214 e. The van der Waals surface area contributed by atoms with E-state index in [0.29, 0.717) is 23.9 Å². The van der Waals surface area contributed by atoms with Gasteiger partial charge in [0.15, 0.2) is 23.0 Å². The molecule has 0 atom stereocenters. The first kappa shape index (κ1) is 22.6. The van der Waals surface area contributed by atoms with Gasteiger partial charge in [-0.1, -0.05) is 25.5 Å². The summed E-state index contributed by atoms with van der Waals surface area (Å²) in [5.74, 6) is 3.73. The van der Waals surface area contributed by atoms with Gasteiger partial charge in [0.05, 0.1) is 26.3 Å². The van der Waals surface area contributed by atoms with Gasteiger partial charge in [0.25, 0.3) is 0 Å². The lowest BCUT2D eigenvalue weighted by Crippen LogP contribution is -2.28. The number of aromatic nitrogens is 6. The Kier molecular flexibility index (Phi) is 6.22. The first-order valence-corrected chi connectivity index (χ1v) is 11.7. The van der Waals surface area contributed by atoms with Crippen molar-refractivity contribution in [3.8, 4) is 22.9 Å². The van der Waals surface area contributed by atoms with E-state index < -0.39 is 0 Å². The van der Waals surface area contributed by atoms with E-state index in [0.717, 1.165) is 53.3 Å². The lowest BCUT2D eigenvalue weighted by Gasteiger charge is -2.25. The van der Waals surface area contributed by atoms with E-state index in [2.05, 4.69) is 27.0 Å². The molecule has 0 aliphatic rings. The summed E-state index contributed by atoms with van der Waals surface area (Å²) in [7, 11) is 5.27. The summed E-state index contributed by atoms with van der Waals surface area (Å²) in [6, 6.07) is 13.8. The van der Waals surface area contributed by atoms with Gasteiger partial charge < -0.3 is 18.9 Å². The number of rotatable bonds is 9. The first-order chi connectivity index (χ1) is 17.1.